The van der Waals surface area contributed by atoms with Gasteiger partial charge in [0.1, 0.15) is 0 Å². The number of hydrogen-bond acceptors (Lipinski definition) is 4. The molecule has 0 aromatic carbocycles. The Morgan fingerprint density at radius 2 is 2.24 bits per heavy atom. The van der Waals surface area contributed by atoms with Gasteiger partial charge in [0.15, 0.2) is 0 Å². The van der Waals surface area contributed by atoms with Gasteiger partial charge in [0.2, 0.25) is 11.8 Å². The molecule has 1 saturated heterocycles. The molecule has 0 aromatic heterocycles. The summed E-state index contributed by atoms with van der Waals surface area (Å²) in [4.78, 5) is 36.2. The van der Waals surface area contributed by atoms with Crippen LogP contribution in [-0.2, 0) is 14.3 Å². The van der Waals surface area contributed by atoms with Gasteiger partial charge in [-0.2, -0.15) is 4.90 Å². The summed E-state index contributed by atoms with van der Waals surface area (Å²) in [6.45, 7) is 5.44. The maximum atomic E-state index is 12.2. The van der Waals surface area contributed by atoms with Crippen LogP contribution in [0.4, 0.5) is 4.79 Å². The predicted octanol–water partition coefficient (Wildman–Crippen LogP) is 1.26. The van der Waals surface area contributed by atoms with Crippen LogP contribution >= 0.6 is 0 Å². The molecule has 2 aliphatic rings. The van der Waals surface area contributed by atoms with Crippen LogP contribution < -0.4 is 0 Å². The molecule has 0 aromatic rings. The quantitative estimate of drug-likeness (QED) is 0.593. The number of likely N-dealkylation sites (tertiary alicyclic amines) is 1. The van der Waals surface area contributed by atoms with E-state index in [0.29, 0.717) is 16.9 Å². The Hall–Kier alpha value is -1.91. The average molecular weight is 235 g/mol. The molecule has 17 heavy (non-hydrogen) atoms. The van der Waals surface area contributed by atoms with Crippen molar-refractivity contribution in [1.82, 2.24) is 4.90 Å². The Morgan fingerprint density at radius 3 is 2.76 bits per heavy atom. The summed E-state index contributed by atoms with van der Waals surface area (Å²) >= 11 is 0. The van der Waals surface area contributed by atoms with E-state index in [0.717, 1.165) is 7.11 Å². The Kier molecular flexibility index (Phi) is 2.41. The van der Waals surface area contributed by atoms with Crippen molar-refractivity contribution in [1.29, 1.82) is 0 Å². The van der Waals surface area contributed by atoms with E-state index >= 15 is 0 Å². The lowest BCUT2D eigenvalue weighted by atomic mass is 9.69. The Labute approximate surface area is 98.7 Å². The first-order valence-electron chi connectivity index (χ1n) is 5.26. The number of carbonyl (C=O) groups excluding carboxylic acids is 3. The lowest BCUT2D eigenvalue weighted by molar-refractivity contribution is -0.138. The number of nitrogens with zero attached hydrogens (tertiary/aromatic N) is 1. The SMILES string of the molecule is C=C1C=CCC2C(=O)N(C(=O)OC)C(=O)C12C. The lowest BCUT2D eigenvalue weighted by Crippen LogP contribution is -2.39. The molecule has 1 heterocycles. The molecule has 0 saturated carbocycles. The van der Waals surface area contributed by atoms with Gasteiger partial charge < -0.3 is 4.74 Å². The van der Waals surface area contributed by atoms with Crippen molar-refractivity contribution in [2.45, 2.75) is 13.3 Å². The first kappa shape index (κ1) is 11.6. The van der Waals surface area contributed by atoms with Crippen LogP contribution in [0.3, 0.4) is 0 Å². The number of methoxy groups -OCH3 is 1. The third-order valence-corrected chi connectivity index (χ3v) is 3.58. The standard InChI is InChI=1S/C12H13NO4/c1-7-5-4-6-8-9(14)13(11(16)17-3)10(15)12(7,8)2/h4-5,8H,1,6H2,2-3H3. The molecule has 0 radical (unpaired) electrons. The zero-order valence-corrected chi connectivity index (χ0v) is 9.73. The number of fused-ring (bicyclic) bond motifs is 1. The minimum Gasteiger partial charge on any atom is -0.452 e. The van der Waals surface area contributed by atoms with Crippen molar-refractivity contribution in [3.05, 3.63) is 24.3 Å². The molecule has 1 aliphatic heterocycles. The van der Waals surface area contributed by atoms with Gasteiger partial charge in [-0.3, -0.25) is 9.59 Å². The summed E-state index contributed by atoms with van der Waals surface area (Å²) in [6.07, 6.45) is 3.03. The number of rotatable bonds is 0. The van der Waals surface area contributed by atoms with Gasteiger partial charge in [-0.15, -0.1) is 0 Å². The largest absolute Gasteiger partial charge is 0.452 e. The van der Waals surface area contributed by atoms with Crippen LogP contribution in [0.5, 0.6) is 0 Å². The monoisotopic (exact) mass is 235 g/mol. The van der Waals surface area contributed by atoms with Crippen LogP contribution in [-0.4, -0.2) is 29.9 Å². The maximum Gasteiger partial charge on any atom is 0.423 e. The lowest BCUT2D eigenvalue weighted by Gasteiger charge is -2.30. The summed E-state index contributed by atoms with van der Waals surface area (Å²) in [5, 5.41) is 0. The molecular weight excluding hydrogens is 222 g/mol. The highest BCUT2D eigenvalue weighted by Crippen LogP contribution is 2.48. The van der Waals surface area contributed by atoms with Crippen LogP contribution in [0.25, 0.3) is 0 Å². The molecular formula is C12H13NO4. The first-order chi connectivity index (χ1) is 7.94. The highest BCUT2D eigenvalue weighted by atomic mass is 16.5. The van der Waals surface area contributed by atoms with Gasteiger partial charge in [0.05, 0.1) is 18.4 Å². The zero-order chi connectivity index (χ0) is 12.8. The smallest absolute Gasteiger partial charge is 0.423 e. The second kappa shape index (κ2) is 3.55. The molecule has 0 N–H and O–H groups in total. The van der Waals surface area contributed by atoms with Gasteiger partial charge in [0, 0.05) is 0 Å². The summed E-state index contributed by atoms with van der Waals surface area (Å²) < 4.78 is 4.46. The highest BCUT2D eigenvalue weighted by molar-refractivity contribution is 6.18. The van der Waals surface area contributed by atoms with Crippen molar-refractivity contribution in [3.8, 4) is 0 Å². The maximum absolute atomic E-state index is 12.2. The average Bonchev–Trinajstić information content (AvgIpc) is 2.50. The molecule has 2 unspecified atom stereocenters. The minimum absolute atomic E-state index is 0.438. The van der Waals surface area contributed by atoms with Crippen molar-refractivity contribution in [2.24, 2.45) is 11.3 Å². The first-order valence-corrected chi connectivity index (χ1v) is 5.26. The molecule has 5 heteroatoms. The van der Waals surface area contributed by atoms with Crippen molar-refractivity contribution in [3.63, 3.8) is 0 Å². The molecule has 3 amide bonds. The normalized spacial score (nSPS) is 31.8. The number of amides is 3. The van der Waals surface area contributed by atoms with Gasteiger partial charge >= 0.3 is 6.09 Å². The summed E-state index contributed by atoms with van der Waals surface area (Å²) in [7, 11) is 1.14. The second-order valence-electron chi connectivity index (χ2n) is 4.37. The predicted molar refractivity (Wildman–Crippen MR) is 58.8 cm³/mol. The number of allylic oxidation sites excluding steroid dienone is 2. The van der Waals surface area contributed by atoms with Crippen LogP contribution in [0.15, 0.2) is 24.3 Å². The fraction of sp³-hybridized carbons (Fsp3) is 0.417. The van der Waals surface area contributed by atoms with E-state index in [1.165, 1.54) is 0 Å². The van der Waals surface area contributed by atoms with E-state index in [1.807, 2.05) is 0 Å². The molecule has 1 aliphatic carbocycles. The third-order valence-electron chi connectivity index (χ3n) is 3.58. The van der Waals surface area contributed by atoms with E-state index in [4.69, 9.17) is 0 Å². The summed E-state index contributed by atoms with van der Waals surface area (Å²) in [5.74, 6) is -1.60. The van der Waals surface area contributed by atoms with Gasteiger partial charge in [-0.05, 0) is 18.9 Å². The molecule has 1 fully saturated rings. The van der Waals surface area contributed by atoms with E-state index in [2.05, 4.69) is 11.3 Å². The molecule has 0 bridgehead atoms. The van der Waals surface area contributed by atoms with Gasteiger partial charge in [-0.1, -0.05) is 18.7 Å². The molecule has 2 atom stereocenters. The number of ether oxygens (including phenoxy) is 1. The fourth-order valence-electron chi connectivity index (χ4n) is 2.37. The number of imide groups is 3. The number of carbonyl (C=O) groups is 3. The van der Waals surface area contributed by atoms with E-state index in [1.54, 1.807) is 19.1 Å². The Bertz CT molecular complexity index is 465. The summed E-state index contributed by atoms with van der Waals surface area (Å²) in [6, 6.07) is 0. The third kappa shape index (κ3) is 1.28. The van der Waals surface area contributed by atoms with Gasteiger partial charge in [-0.25, -0.2) is 4.79 Å². The Balaban J connectivity index is 2.49. The molecule has 5 nitrogen and oxygen atoms in total. The van der Waals surface area contributed by atoms with Crippen molar-refractivity contribution in [2.75, 3.05) is 7.11 Å². The van der Waals surface area contributed by atoms with Gasteiger partial charge in [0.25, 0.3) is 0 Å². The fourth-order valence-corrected chi connectivity index (χ4v) is 2.37. The zero-order valence-electron chi connectivity index (χ0n) is 9.73. The van der Waals surface area contributed by atoms with E-state index < -0.39 is 29.2 Å². The van der Waals surface area contributed by atoms with Crippen molar-refractivity contribution < 1.29 is 19.1 Å². The highest BCUT2D eigenvalue weighted by Gasteiger charge is 2.60. The van der Waals surface area contributed by atoms with E-state index in [9.17, 15) is 14.4 Å². The van der Waals surface area contributed by atoms with Crippen LogP contribution in [0, 0.1) is 11.3 Å². The number of hydrogen-bond donors (Lipinski definition) is 0. The Morgan fingerprint density at radius 1 is 1.59 bits per heavy atom. The summed E-state index contributed by atoms with van der Waals surface area (Å²) in [5.41, 5.74) is -0.460. The van der Waals surface area contributed by atoms with Crippen molar-refractivity contribution >= 4 is 17.9 Å². The second-order valence-corrected chi connectivity index (χ2v) is 4.37. The topological polar surface area (TPSA) is 63.7 Å². The van der Waals surface area contributed by atoms with Crippen LogP contribution in [0.2, 0.25) is 0 Å². The molecule has 0 spiro atoms. The minimum atomic E-state index is -1.01. The van der Waals surface area contributed by atoms with E-state index in [-0.39, 0.29) is 0 Å². The molecule has 90 valence electrons. The van der Waals surface area contributed by atoms with Crippen LogP contribution in [0.1, 0.15) is 13.3 Å². The molecule has 2 rings (SSSR count).